The molecule has 1 N–H and O–H groups in total. The zero-order valence-electron chi connectivity index (χ0n) is 13.6. The van der Waals surface area contributed by atoms with Gasteiger partial charge in [-0.25, -0.2) is 4.79 Å². The van der Waals surface area contributed by atoms with Gasteiger partial charge in [-0.3, -0.25) is 14.1 Å². The van der Waals surface area contributed by atoms with Crippen molar-refractivity contribution in [2.24, 2.45) is 0 Å². The minimum Gasteiger partial charge on any atom is -0.355 e. The molecule has 0 aliphatic heterocycles. The average Bonchev–Trinajstić information content (AvgIpc) is 2.91. The molecule has 3 rings (SSSR count). The van der Waals surface area contributed by atoms with Gasteiger partial charge < -0.3 is 5.32 Å². The van der Waals surface area contributed by atoms with E-state index in [-0.39, 0.29) is 11.6 Å². The highest BCUT2D eigenvalue weighted by atomic mass is 16.2. The fourth-order valence-electron chi connectivity index (χ4n) is 2.56. The number of amides is 1. The maximum atomic E-state index is 12.3. The molecule has 2 heterocycles. The van der Waals surface area contributed by atoms with Crippen molar-refractivity contribution in [1.82, 2.24) is 24.4 Å². The van der Waals surface area contributed by atoms with Crippen LogP contribution in [0.1, 0.15) is 15.9 Å². The molecule has 24 heavy (non-hydrogen) atoms. The molecule has 0 aliphatic rings. The van der Waals surface area contributed by atoms with Gasteiger partial charge in [-0.15, -0.1) is 5.10 Å². The van der Waals surface area contributed by atoms with Crippen LogP contribution in [0, 0.1) is 0 Å². The number of nitrogens with one attached hydrogen (secondary N) is 1. The molecule has 0 aliphatic carbocycles. The number of carbonyl (C=O) groups is 1. The van der Waals surface area contributed by atoms with Crippen LogP contribution in [-0.2, 0) is 13.2 Å². The van der Waals surface area contributed by atoms with Crippen LogP contribution >= 0.6 is 0 Å². The number of fused-ring (bicyclic) bond motifs is 1. The van der Waals surface area contributed by atoms with E-state index in [0.717, 1.165) is 5.56 Å². The van der Waals surface area contributed by atoms with Crippen molar-refractivity contribution >= 4 is 11.6 Å². The first-order valence-electron chi connectivity index (χ1n) is 7.62. The van der Waals surface area contributed by atoms with E-state index in [0.29, 0.717) is 24.4 Å². The second-order valence-corrected chi connectivity index (χ2v) is 5.64. The van der Waals surface area contributed by atoms with Crippen molar-refractivity contribution in [2.45, 2.75) is 13.2 Å². The van der Waals surface area contributed by atoms with Crippen molar-refractivity contribution in [3.8, 4) is 0 Å². The Balaban J connectivity index is 1.70. The Morgan fingerprint density at radius 3 is 2.62 bits per heavy atom. The van der Waals surface area contributed by atoms with Gasteiger partial charge in [-0.05, 0) is 36.9 Å². The highest BCUT2D eigenvalue weighted by Gasteiger charge is 2.09. The summed E-state index contributed by atoms with van der Waals surface area (Å²) in [5.41, 5.74) is 2.15. The predicted octanol–water partition coefficient (Wildman–Crippen LogP) is 0.945. The van der Waals surface area contributed by atoms with Crippen LogP contribution in [0.3, 0.4) is 0 Å². The quantitative estimate of drug-likeness (QED) is 0.758. The zero-order chi connectivity index (χ0) is 17.1. The van der Waals surface area contributed by atoms with Gasteiger partial charge in [0, 0.05) is 25.4 Å². The molecular weight excluding hydrogens is 306 g/mol. The summed E-state index contributed by atoms with van der Waals surface area (Å²) in [6, 6.07) is 12.9. The number of hydrogen-bond donors (Lipinski definition) is 1. The molecule has 0 fully saturated rings. The van der Waals surface area contributed by atoms with E-state index in [4.69, 9.17) is 0 Å². The van der Waals surface area contributed by atoms with Crippen LogP contribution in [-0.4, -0.2) is 39.1 Å². The van der Waals surface area contributed by atoms with Crippen LogP contribution < -0.4 is 11.0 Å². The third-order valence-electron chi connectivity index (χ3n) is 3.76. The lowest BCUT2D eigenvalue weighted by Gasteiger charge is -2.16. The molecule has 1 aromatic carbocycles. The highest BCUT2D eigenvalue weighted by molar-refractivity contribution is 5.93. The predicted molar refractivity (Wildman–Crippen MR) is 90.8 cm³/mol. The number of benzene rings is 1. The molecule has 0 bridgehead atoms. The van der Waals surface area contributed by atoms with Gasteiger partial charge in [0.2, 0.25) is 0 Å². The molecule has 7 nitrogen and oxygen atoms in total. The lowest BCUT2D eigenvalue weighted by atomic mass is 10.1. The second kappa shape index (κ2) is 6.67. The van der Waals surface area contributed by atoms with Crippen molar-refractivity contribution in [2.75, 3.05) is 14.1 Å². The van der Waals surface area contributed by atoms with Crippen LogP contribution in [0.2, 0.25) is 0 Å². The number of aromatic nitrogens is 3. The number of nitrogens with zero attached hydrogens (tertiary/aromatic N) is 4. The molecule has 0 spiro atoms. The zero-order valence-corrected chi connectivity index (χ0v) is 13.6. The standard InChI is InChI=1S/C17H19N5O2/c1-18-16(23)14-8-6-13(7-9-14)11-20(2)12-22-17(24)21-10-4-3-5-15(21)19-22/h3-10H,11-12H2,1-2H3,(H,18,23). The molecule has 3 aromatic rings. The molecule has 0 saturated heterocycles. The average molecular weight is 325 g/mol. The van der Waals surface area contributed by atoms with Crippen LogP contribution in [0.4, 0.5) is 0 Å². The Morgan fingerprint density at radius 2 is 1.96 bits per heavy atom. The summed E-state index contributed by atoms with van der Waals surface area (Å²) in [4.78, 5) is 25.8. The minimum absolute atomic E-state index is 0.105. The van der Waals surface area contributed by atoms with Crippen molar-refractivity contribution in [1.29, 1.82) is 0 Å². The van der Waals surface area contributed by atoms with Crippen LogP contribution in [0.5, 0.6) is 0 Å². The molecule has 0 unspecified atom stereocenters. The summed E-state index contributed by atoms with van der Waals surface area (Å²) in [7, 11) is 3.53. The number of hydrogen-bond acceptors (Lipinski definition) is 4. The van der Waals surface area contributed by atoms with E-state index >= 15 is 0 Å². The molecule has 7 heteroatoms. The van der Waals surface area contributed by atoms with Gasteiger partial charge in [-0.2, -0.15) is 4.68 Å². The molecule has 0 radical (unpaired) electrons. The normalized spacial score (nSPS) is 11.1. The minimum atomic E-state index is -0.160. The largest absolute Gasteiger partial charge is 0.355 e. The highest BCUT2D eigenvalue weighted by Crippen LogP contribution is 2.07. The second-order valence-electron chi connectivity index (χ2n) is 5.64. The molecule has 124 valence electrons. The Bertz CT molecular complexity index is 911. The lowest BCUT2D eigenvalue weighted by molar-refractivity contribution is 0.0963. The van der Waals surface area contributed by atoms with Gasteiger partial charge in [0.05, 0.1) is 6.67 Å². The Morgan fingerprint density at radius 1 is 1.21 bits per heavy atom. The van der Waals surface area contributed by atoms with Crippen LogP contribution in [0.15, 0.2) is 53.5 Å². The summed E-state index contributed by atoms with van der Waals surface area (Å²) >= 11 is 0. The first-order valence-corrected chi connectivity index (χ1v) is 7.62. The molecule has 0 saturated carbocycles. The van der Waals surface area contributed by atoms with E-state index in [9.17, 15) is 9.59 Å². The summed E-state index contributed by atoms with van der Waals surface area (Å²) in [5.74, 6) is -0.105. The first-order chi connectivity index (χ1) is 11.6. The fourth-order valence-corrected chi connectivity index (χ4v) is 2.56. The molecule has 0 atom stereocenters. The van der Waals surface area contributed by atoms with E-state index in [1.165, 1.54) is 9.08 Å². The SMILES string of the molecule is CNC(=O)c1ccc(CN(C)Cn2nc3ccccn3c2=O)cc1. The first kappa shape index (κ1) is 15.9. The third-order valence-corrected chi connectivity index (χ3v) is 3.76. The Hall–Kier alpha value is -2.93. The smallest absolute Gasteiger partial charge is 0.351 e. The van der Waals surface area contributed by atoms with Crippen molar-refractivity contribution < 1.29 is 4.79 Å². The van der Waals surface area contributed by atoms with E-state index in [1.54, 1.807) is 37.5 Å². The number of pyridine rings is 1. The van der Waals surface area contributed by atoms with Crippen LogP contribution in [0.25, 0.3) is 5.65 Å². The fraction of sp³-hybridized carbons (Fsp3) is 0.235. The topological polar surface area (TPSA) is 71.6 Å². The number of rotatable bonds is 5. The maximum Gasteiger partial charge on any atom is 0.351 e. The third kappa shape index (κ3) is 3.21. The maximum absolute atomic E-state index is 12.3. The summed E-state index contributed by atoms with van der Waals surface area (Å²) in [5, 5.41) is 6.91. The van der Waals surface area contributed by atoms with Gasteiger partial charge in [0.25, 0.3) is 5.91 Å². The van der Waals surface area contributed by atoms with Crippen molar-refractivity contribution in [3.63, 3.8) is 0 Å². The van der Waals surface area contributed by atoms with Gasteiger partial charge in [0.15, 0.2) is 5.65 Å². The van der Waals surface area contributed by atoms with E-state index in [2.05, 4.69) is 10.4 Å². The summed E-state index contributed by atoms with van der Waals surface area (Å²) in [6.45, 7) is 1.03. The Kier molecular flexibility index (Phi) is 4.43. The van der Waals surface area contributed by atoms with Gasteiger partial charge in [-0.1, -0.05) is 18.2 Å². The van der Waals surface area contributed by atoms with E-state index < -0.39 is 0 Å². The van der Waals surface area contributed by atoms with E-state index in [1.807, 2.05) is 30.1 Å². The lowest BCUT2D eigenvalue weighted by Crippen LogP contribution is -2.30. The molecule has 2 aromatic heterocycles. The Labute approximate surface area is 139 Å². The van der Waals surface area contributed by atoms with Crippen molar-refractivity contribution in [3.05, 3.63) is 70.3 Å². The van der Waals surface area contributed by atoms with Gasteiger partial charge in [0.1, 0.15) is 0 Å². The summed E-state index contributed by atoms with van der Waals surface area (Å²) in [6.07, 6.45) is 1.71. The monoisotopic (exact) mass is 325 g/mol. The molecular formula is C17H19N5O2. The number of carbonyl (C=O) groups excluding carboxylic acids is 1. The van der Waals surface area contributed by atoms with Gasteiger partial charge >= 0.3 is 5.69 Å². The molecule has 1 amide bonds. The summed E-state index contributed by atoms with van der Waals surface area (Å²) < 4.78 is 2.96.